The average Bonchev–Trinajstić information content (AvgIpc) is 2.92. The van der Waals surface area contributed by atoms with Gasteiger partial charge in [0.05, 0.1) is 4.70 Å². The third kappa shape index (κ3) is 3.08. The molecule has 1 fully saturated rings. The molecule has 2 heterocycles. The van der Waals surface area contributed by atoms with Crippen molar-refractivity contribution in [2.45, 2.75) is 12.8 Å². The Hall–Kier alpha value is -0.840. The SMILES string of the molecule is ClCCCCN1CCN(c2nsc3ccccc23)CC1. The molecule has 0 N–H and O–H groups in total. The van der Waals surface area contributed by atoms with E-state index in [0.717, 1.165) is 38.5 Å². The number of anilines is 1. The number of alkyl halides is 1. The zero-order valence-corrected chi connectivity index (χ0v) is 13.2. The smallest absolute Gasteiger partial charge is 0.150 e. The number of hydrogen-bond donors (Lipinski definition) is 0. The lowest BCUT2D eigenvalue weighted by molar-refractivity contribution is 0.254. The molecule has 0 bridgehead atoms. The Morgan fingerprint density at radius 2 is 1.90 bits per heavy atom. The Morgan fingerprint density at radius 1 is 1.10 bits per heavy atom. The lowest BCUT2D eigenvalue weighted by Gasteiger charge is -2.35. The maximum atomic E-state index is 5.73. The summed E-state index contributed by atoms with van der Waals surface area (Å²) in [5.41, 5.74) is 0. The van der Waals surface area contributed by atoms with Crippen LogP contribution in [0.2, 0.25) is 0 Å². The van der Waals surface area contributed by atoms with Crippen LogP contribution in [0.5, 0.6) is 0 Å². The van der Waals surface area contributed by atoms with Crippen molar-refractivity contribution in [1.82, 2.24) is 9.27 Å². The molecule has 0 saturated carbocycles. The van der Waals surface area contributed by atoms with Crippen molar-refractivity contribution in [3.8, 4) is 0 Å². The lowest BCUT2D eigenvalue weighted by atomic mass is 10.2. The third-order valence-electron chi connectivity index (χ3n) is 3.89. The number of hydrogen-bond acceptors (Lipinski definition) is 4. The Balaban J connectivity index is 1.60. The molecule has 0 unspecified atom stereocenters. The molecule has 5 heteroatoms. The first-order valence-electron chi connectivity index (χ1n) is 7.26. The van der Waals surface area contributed by atoms with Gasteiger partial charge in [-0.1, -0.05) is 12.1 Å². The Morgan fingerprint density at radius 3 is 2.70 bits per heavy atom. The van der Waals surface area contributed by atoms with Crippen LogP contribution < -0.4 is 4.90 Å². The molecule has 108 valence electrons. The molecule has 3 nitrogen and oxygen atoms in total. The standard InChI is InChI=1S/C15H20ClN3S/c16-7-3-4-8-18-9-11-19(12-10-18)15-13-5-1-2-6-14(13)20-17-15/h1-2,5-6H,3-4,7-12H2. The number of nitrogens with zero attached hydrogens (tertiary/aromatic N) is 3. The summed E-state index contributed by atoms with van der Waals surface area (Å²) < 4.78 is 5.94. The van der Waals surface area contributed by atoms with E-state index in [-0.39, 0.29) is 0 Å². The number of aromatic nitrogens is 1. The second kappa shape index (κ2) is 6.74. The molecular weight excluding hydrogens is 290 g/mol. The topological polar surface area (TPSA) is 19.4 Å². The van der Waals surface area contributed by atoms with E-state index in [9.17, 15) is 0 Å². The molecule has 0 atom stereocenters. The van der Waals surface area contributed by atoms with Gasteiger partial charge in [0.1, 0.15) is 5.82 Å². The van der Waals surface area contributed by atoms with E-state index in [1.807, 2.05) is 0 Å². The van der Waals surface area contributed by atoms with Crippen molar-refractivity contribution < 1.29 is 0 Å². The van der Waals surface area contributed by atoms with Crippen LogP contribution in [-0.2, 0) is 0 Å². The minimum absolute atomic E-state index is 0.783. The monoisotopic (exact) mass is 309 g/mol. The van der Waals surface area contributed by atoms with Gasteiger partial charge < -0.3 is 4.90 Å². The van der Waals surface area contributed by atoms with E-state index in [2.05, 4.69) is 38.4 Å². The molecule has 1 aromatic carbocycles. The minimum atomic E-state index is 0.783. The van der Waals surface area contributed by atoms with Gasteiger partial charge in [-0.15, -0.1) is 11.6 Å². The maximum Gasteiger partial charge on any atom is 0.150 e. The summed E-state index contributed by atoms with van der Waals surface area (Å²) in [6.45, 7) is 5.60. The Bertz CT molecular complexity index is 549. The van der Waals surface area contributed by atoms with Gasteiger partial charge in [0.2, 0.25) is 0 Å². The van der Waals surface area contributed by atoms with Crippen LogP contribution >= 0.6 is 23.1 Å². The molecule has 0 amide bonds. The highest BCUT2D eigenvalue weighted by Crippen LogP contribution is 2.29. The number of piperazine rings is 1. The van der Waals surface area contributed by atoms with Crippen LogP contribution in [0.4, 0.5) is 5.82 Å². The number of benzene rings is 1. The summed E-state index contributed by atoms with van der Waals surface area (Å²) in [5, 5.41) is 1.30. The number of halogens is 1. The normalized spacial score (nSPS) is 16.9. The van der Waals surface area contributed by atoms with E-state index in [1.54, 1.807) is 11.5 Å². The molecule has 0 radical (unpaired) electrons. The van der Waals surface area contributed by atoms with Crippen molar-refractivity contribution in [1.29, 1.82) is 0 Å². The Kier molecular flexibility index (Phi) is 4.76. The molecule has 1 aromatic heterocycles. The molecule has 20 heavy (non-hydrogen) atoms. The van der Waals surface area contributed by atoms with Gasteiger partial charge in [-0.25, -0.2) is 0 Å². The van der Waals surface area contributed by atoms with E-state index < -0.39 is 0 Å². The molecule has 3 rings (SSSR count). The van der Waals surface area contributed by atoms with E-state index in [4.69, 9.17) is 11.6 Å². The average molecular weight is 310 g/mol. The van der Waals surface area contributed by atoms with Gasteiger partial charge in [-0.2, -0.15) is 4.37 Å². The minimum Gasteiger partial charge on any atom is -0.353 e. The van der Waals surface area contributed by atoms with Crippen molar-refractivity contribution >= 4 is 39.0 Å². The van der Waals surface area contributed by atoms with Gasteiger partial charge >= 0.3 is 0 Å². The zero-order chi connectivity index (χ0) is 13.8. The molecule has 1 saturated heterocycles. The first-order valence-corrected chi connectivity index (χ1v) is 8.57. The number of rotatable bonds is 5. The van der Waals surface area contributed by atoms with Crippen LogP contribution in [0.3, 0.4) is 0 Å². The predicted molar refractivity (Wildman–Crippen MR) is 88.2 cm³/mol. The fourth-order valence-electron chi connectivity index (χ4n) is 2.71. The highest BCUT2D eigenvalue weighted by Gasteiger charge is 2.20. The summed E-state index contributed by atoms with van der Waals surface area (Å²) >= 11 is 7.34. The van der Waals surface area contributed by atoms with Crippen LogP contribution in [0.15, 0.2) is 24.3 Å². The number of fused-ring (bicyclic) bond motifs is 1. The summed E-state index contributed by atoms with van der Waals surface area (Å²) in [7, 11) is 0. The van der Waals surface area contributed by atoms with Crippen LogP contribution in [-0.4, -0.2) is 47.9 Å². The predicted octanol–water partition coefficient (Wildman–Crippen LogP) is 3.44. The molecule has 0 spiro atoms. The summed E-state index contributed by atoms with van der Waals surface area (Å²) in [6, 6.07) is 8.52. The third-order valence-corrected chi connectivity index (χ3v) is 4.97. The van der Waals surface area contributed by atoms with Crippen LogP contribution in [0.25, 0.3) is 10.1 Å². The van der Waals surface area contributed by atoms with Crippen molar-refractivity contribution in [3.05, 3.63) is 24.3 Å². The second-order valence-electron chi connectivity index (χ2n) is 5.23. The van der Waals surface area contributed by atoms with Gasteiger partial charge in [0, 0.05) is 37.4 Å². The van der Waals surface area contributed by atoms with Gasteiger partial charge in [-0.05, 0) is 43.1 Å². The van der Waals surface area contributed by atoms with E-state index in [0.29, 0.717) is 0 Å². The fourth-order valence-corrected chi connectivity index (χ4v) is 3.70. The second-order valence-corrected chi connectivity index (χ2v) is 6.41. The highest BCUT2D eigenvalue weighted by molar-refractivity contribution is 7.13. The summed E-state index contributed by atoms with van der Waals surface area (Å²) in [4.78, 5) is 4.97. The molecule has 1 aliphatic heterocycles. The zero-order valence-electron chi connectivity index (χ0n) is 11.6. The highest BCUT2D eigenvalue weighted by atomic mass is 35.5. The lowest BCUT2D eigenvalue weighted by Crippen LogP contribution is -2.46. The van der Waals surface area contributed by atoms with E-state index in [1.165, 1.54) is 28.9 Å². The van der Waals surface area contributed by atoms with E-state index >= 15 is 0 Å². The molecular formula is C15H20ClN3S. The molecule has 1 aliphatic rings. The fraction of sp³-hybridized carbons (Fsp3) is 0.533. The van der Waals surface area contributed by atoms with Crippen molar-refractivity contribution in [2.24, 2.45) is 0 Å². The summed E-state index contributed by atoms with van der Waals surface area (Å²) in [6.07, 6.45) is 2.33. The molecule has 0 aliphatic carbocycles. The van der Waals surface area contributed by atoms with Crippen LogP contribution in [0.1, 0.15) is 12.8 Å². The largest absolute Gasteiger partial charge is 0.353 e. The first-order chi connectivity index (χ1) is 9.88. The maximum absolute atomic E-state index is 5.73. The quantitative estimate of drug-likeness (QED) is 0.623. The van der Waals surface area contributed by atoms with Crippen molar-refractivity contribution in [2.75, 3.05) is 43.5 Å². The molecule has 2 aromatic rings. The number of unbranched alkanes of at least 4 members (excludes halogenated alkanes) is 1. The van der Waals surface area contributed by atoms with Gasteiger partial charge in [0.15, 0.2) is 0 Å². The summed E-state index contributed by atoms with van der Waals surface area (Å²) in [5.74, 6) is 1.95. The van der Waals surface area contributed by atoms with Crippen LogP contribution in [0, 0.1) is 0 Å². The van der Waals surface area contributed by atoms with Crippen molar-refractivity contribution in [3.63, 3.8) is 0 Å². The van der Waals surface area contributed by atoms with Gasteiger partial charge in [-0.3, -0.25) is 4.90 Å². The first kappa shape index (κ1) is 14.1. The van der Waals surface area contributed by atoms with Gasteiger partial charge in [0.25, 0.3) is 0 Å². The Labute approximate surface area is 129 Å².